The summed E-state index contributed by atoms with van der Waals surface area (Å²) >= 11 is 0. The summed E-state index contributed by atoms with van der Waals surface area (Å²) in [6.07, 6.45) is 4.05. The van der Waals surface area contributed by atoms with Crippen LogP contribution in [0.1, 0.15) is 24.6 Å². The summed E-state index contributed by atoms with van der Waals surface area (Å²) in [6.45, 7) is 2.44. The lowest BCUT2D eigenvalue weighted by molar-refractivity contribution is 0.185. The maximum Gasteiger partial charge on any atom is 0.119 e. The minimum Gasteiger partial charge on any atom is -0.493 e. The van der Waals surface area contributed by atoms with Crippen LogP contribution in [0.5, 0.6) is 5.75 Å². The average Bonchev–Trinajstić information content (AvgIpc) is 2.47. The molecule has 0 fully saturated rings. The Morgan fingerprint density at radius 2 is 1.90 bits per heavy atom. The Morgan fingerprint density at radius 1 is 1.10 bits per heavy atom. The van der Waals surface area contributed by atoms with Crippen molar-refractivity contribution in [1.82, 2.24) is 4.98 Å². The van der Waals surface area contributed by atoms with Crippen molar-refractivity contribution in [1.29, 1.82) is 0 Å². The lowest BCUT2D eigenvalue weighted by Crippen LogP contribution is -2.03. The maximum absolute atomic E-state index is 9.26. The first kappa shape index (κ1) is 14.5. The Kier molecular flexibility index (Phi) is 5.56. The number of aryl methyl sites for hydroxylation is 1. The predicted octanol–water partition coefficient (Wildman–Crippen LogP) is 3.02. The highest BCUT2D eigenvalue weighted by Crippen LogP contribution is 2.14. The summed E-state index contributed by atoms with van der Waals surface area (Å²) in [5, 5.41) is 9.26. The molecule has 0 aliphatic heterocycles. The predicted molar refractivity (Wildman–Crippen MR) is 79.9 cm³/mol. The van der Waals surface area contributed by atoms with Crippen molar-refractivity contribution in [2.75, 3.05) is 6.61 Å². The number of hydrogen-bond acceptors (Lipinski definition) is 3. The number of aliphatic hydroxyl groups is 1. The molecule has 1 unspecified atom stereocenters. The summed E-state index contributed by atoms with van der Waals surface area (Å²) in [5.41, 5.74) is 2.27. The van der Waals surface area contributed by atoms with Crippen LogP contribution in [-0.4, -0.2) is 22.8 Å². The molecule has 0 aliphatic carbocycles. The first-order valence-corrected chi connectivity index (χ1v) is 7.04. The Labute approximate surface area is 120 Å². The first-order chi connectivity index (χ1) is 9.74. The molecule has 0 saturated heterocycles. The summed E-state index contributed by atoms with van der Waals surface area (Å²) in [4.78, 5) is 4.26. The number of aromatic nitrogens is 1. The Morgan fingerprint density at radius 3 is 2.55 bits per heavy atom. The molecule has 1 atom stereocenters. The number of pyridine rings is 1. The van der Waals surface area contributed by atoms with Crippen LogP contribution in [0.4, 0.5) is 0 Å². The van der Waals surface area contributed by atoms with E-state index in [1.807, 2.05) is 37.3 Å². The fourth-order valence-electron chi connectivity index (χ4n) is 1.95. The first-order valence-electron chi connectivity index (χ1n) is 7.04. The molecule has 3 nitrogen and oxygen atoms in total. The highest BCUT2D eigenvalue weighted by atomic mass is 16.5. The molecule has 3 heteroatoms. The third-order valence-corrected chi connectivity index (χ3v) is 3.13. The summed E-state index contributed by atoms with van der Waals surface area (Å²) in [7, 11) is 0. The Hall–Kier alpha value is -1.87. The molecule has 0 amide bonds. The van der Waals surface area contributed by atoms with Crippen LogP contribution in [0.2, 0.25) is 0 Å². The van der Waals surface area contributed by atoms with Crippen molar-refractivity contribution < 1.29 is 9.84 Å². The van der Waals surface area contributed by atoms with Crippen LogP contribution in [-0.2, 0) is 12.8 Å². The van der Waals surface area contributed by atoms with Crippen LogP contribution in [0.3, 0.4) is 0 Å². The second-order valence-electron chi connectivity index (χ2n) is 4.95. The average molecular weight is 271 g/mol. The molecule has 106 valence electrons. The smallest absolute Gasteiger partial charge is 0.119 e. The zero-order valence-electron chi connectivity index (χ0n) is 11.8. The van der Waals surface area contributed by atoms with Crippen LogP contribution in [0.25, 0.3) is 0 Å². The van der Waals surface area contributed by atoms with Crippen LogP contribution >= 0.6 is 0 Å². The van der Waals surface area contributed by atoms with Gasteiger partial charge in [-0.3, -0.25) is 4.98 Å². The molecule has 2 rings (SSSR count). The number of aliphatic hydroxyl groups excluding tert-OH is 1. The number of hydrogen-bond donors (Lipinski definition) is 1. The van der Waals surface area contributed by atoms with Gasteiger partial charge in [-0.2, -0.15) is 0 Å². The van der Waals surface area contributed by atoms with E-state index in [2.05, 4.69) is 17.1 Å². The zero-order valence-corrected chi connectivity index (χ0v) is 11.8. The lowest BCUT2D eigenvalue weighted by Gasteiger charge is -2.08. The molecule has 0 bridgehead atoms. The van der Waals surface area contributed by atoms with Gasteiger partial charge in [0.1, 0.15) is 5.75 Å². The van der Waals surface area contributed by atoms with Crippen molar-refractivity contribution in [3.8, 4) is 5.75 Å². The van der Waals surface area contributed by atoms with Gasteiger partial charge in [-0.15, -0.1) is 0 Å². The molecular weight excluding hydrogens is 250 g/mol. The number of ether oxygens (including phenoxy) is 1. The third kappa shape index (κ3) is 5.02. The Balaban J connectivity index is 1.76. The normalized spacial score (nSPS) is 12.1. The van der Waals surface area contributed by atoms with Crippen molar-refractivity contribution >= 4 is 0 Å². The van der Waals surface area contributed by atoms with Crippen LogP contribution in [0, 0.1) is 0 Å². The van der Waals surface area contributed by atoms with E-state index < -0.39 is 0 Å². The molecule has 1 aromatic heterocycles. The molecule has 1 N–H and O–H groups in total. The molecule has 1 heterocycles. The summed E-state index contributed by atoms with van der Waals surface area (Å²) in [5.74, 6) is 0.877. The third-order valence-electron chi connectivity index (χ3n) is 3.13. The monoisotopic (exact) mass is 271 g/mol. The standard InChI is InChI=1S/C17H21NO2/c1-14(19)5-6-15-7-9-17(10-8-15)20-13-11-16-4-2-3-12-18-16/h2-4,7-10,12,14,19H,5-6,11,13H2,1H3. The second-order valence-corrected chi connectivity index (χ2v) is 4.95. The Bertz CT molecular complexity index is 494. The highest BCUT2D eigenvalue weighted by molar-refractivity contribution is 5.27. The van der Waals surface area contributed by atoms with E-state index in [1.165, 1.54) is 5.56 Å². The zero-order chi connectivity index (χ0) is 14.2. The van der Waals surface area contributed by atoms with Gasteiger partial charge in [0, 0.05) is 18.3 Å². The van der Waals surface area contributed by atoms with Crippen molar-refractivity contribution in [3.05, 3.63) is 59.9 Å². The molecule has 0 aliphatic rings. The van der Waals surface area contributed by atoms with Crippen molar-refractivity contribution in [2.24, 2.45) is 0 Å². The highest BCUT2D eigenvalue weighted by Gasteiger charge is 2.00. The minimum atomic E-state index is -0.246. The van der Waals surface area contributed by atoms with Gasteiger partial charge >= 0.3 is 0 Å². The van der Waals surface area contributed by atoms with Gasteiger partial charge in [0.15, 0.2) is 0 Å². The van der Waals surface area contributed by atoms with E-state index in [9.17, 15) is 5.11 Å². The van der Waals surface area contributed by atoms with E-state index >= 15 is 0 Å². The van der Waals surface area contributed by atoms with Gasteiger partial charge in [-0.05, 0) is 49.6 Å². The van der Waals surface area contributed by atoms with E-state index in [0.717, 1.165) is 30.7 Å². The SMILES string of the molecule is CC(O)CCc1ccc(OCCc2ccccn2)cc1. The van der Waals surface area contributed by atoms with E-state index in [4.69, 9.17) is 4.74 Å². The maximum atomic E-state index is 9.26. The van der Waals surface area contributed by atoms with Crippen LogP contribution in [0.15, 0.2) is 48.7 Å². The lowest BCUT2D eigenvalue weighted by atomic mass is 10.1. The topological polar surface area (TPSA) is 42.4 Å². The molecule has 2 aromatic rings. The van der Waals surface area contributed by atoms with E-state index in [0.29, 0.717) is 6.61 Å². The van der Waals surface area contributed by atoms with Gasteiger partial charge in [0.25, 0.3) is 0 Å². The van der Waals surface area contributed by atoms with E-state index in [1.54, 1.807) is 6.20 Å². The fourth-order valence-corrected chi connectivity index (χ4v) is 1.95. The molecule has 20 heavy (non-hydrogen) atoms. The van der Waals surface area contributed by atoms with Gasteiger partial charge in [0.2, 0.25) is 0 Å². The molecule has 0 spiro atoms. The fraction of sp³-hybridized carbons (Fsp3) is 0.353. The quantitative estimate of drug-likeness (QED) is 0.841. The second kappa shape index (κ2) is 7.65. The van der Waals surface area contributed by atoms with Gasteiger partial charge in [-0.25, -0.2) is 0 Å². The molecule has 1 aromatic carbocycles. The molecule has 0 saturated carbocycles. The summed E-state index contributed by atoms with van der Waals surface area (Å²) in [6, 6.07) is 14.0. The summed E-state index contributed by atoms with van der Waals surface area (Å²) < 4.78 is 5.70. The van der Waals surface area contributed by atoms with Crippen molar-refractivity contribution in [2.45, 2.75) is 32.3 Å². The number of nitrogens with zero attached hydrogens (tertiary/aromatic N) is 1. The minimum absolute atomic E-state index is 0.246. The van der Waals surface area contributed by atoms with Crippen LogP contribution < -0.4 is 4.74 Å². The van der Waals surface area contributed by atoms with Gasteiger partial charge in [0.05, 0.1) is 12.7 Å². The number of benzene rings is 1. The van der Waals surface area contributed by atoms with Gasteiger partial charge < -0.3 is 9.84 Å². The largest absolute Gasteiger partial charge is 0.493 e. The number of rotatable bonds is 7. The van der Waals surface area contributed by atoms with E-state index in [-0.39, 0.29) is 6.10 Å². The molecular formula is C17H21NO2. The van der Waals surface area contributed by atoms with Crippen molar-refractivity contribution in [3.63, 3.8) is 0 Å². The molecule has 0 radical (unpaired) electrons. The van der Waals surface area contributed by atoms with Gasteiger partial charge in [-0.1, -0.05) is 18.2 Å².